The van der Waals surface area contributed by atoms with E-state index in [9.17, 15) is 0 Å². The van der Waals surface area contributed by atoms with E-state index >= 15 is 0 Å². The molecule has 0 spiro atoms. The summed E-state index contributed by atoms with van der Waals surface area (Å²) in [6, 6.07) is 11.8. The maximum absolute atomic E-state index is 4.64. The maximum Gasteiger partial charge on any atom is 0.228 e. The van der Waals surface area contributed by atoms with Crippen LogP contribution >= 0.6 is 0 Å². The number of nitrogens with one attached hydrogen (secondary N) is 1. The number of fused-ring (bicyclic) bond motifs is 2. The summed E-state index contributed by atoms with van der Waals surface area (Å²) in [5.74, 6) is 2.16. The average molecular weight is 436 g/mol. The van der Waals surface area contributed by atoms with Gasteiger partial charge in [-0.2, -0.15) is 5.10 Å². The van der Waals surface area contributed by atoms with Crippen molar-refractivity contribution in [1.29, 1.82) is 0 Å². The monoisotopic (exact) mass is 436 g/mol. The Labute approximate surface area is 188 Å². The standard InChI is InChI=1S/C23H20N10/c1-15-3-4-19-25-13-17(33(19)14-15)12-22-30-29-21-11-16(7-10-32(21)22)18-5-8-24-23(27-18)28-20-6-9-26-31(20)2/h3-11,13-14H,12H2,1-2H3,(H,24,27,28). The van der Waals surface area contributed by atoms with E-state index in [-0.39, 0.29) is 0 Å². The molecule has 0 aliphatic rings. The number of aryl methyl sites for hydroxylation is 2. The smallest absolute Gasteiger partial charge is 0.228 e. The van der Waals surface area contributed by atoms with Gasteiger partial charge in [0.2, 0.25) is 5.95 Å². The van der Waals surface area contributed by atoms with Crippen molar-refractivity contribution < 1.29 is 0 Å². The van der Waals surface area contributed by atoms with Gasteiger partial charge in [-0.15, -0.1) is 10.2 Å². The van der Waals surface area contributed by atoms with Gasteiger partial charge in [0.25, 0.3) is 0 Å². The molecule has 0 aliphatic carbocycles. The molecule has 0 unspecified atom stereocenters. The fourth-order valence-corrected chi connectivity index (χ4v) is 3.84. The largest absolute Gasteiger partial charge is 0.309 e. The molecule has 162 valence electrons. The number of aromatic nitrogens is 9. The van der Waals surface area contributed by atoms with Crippen molar-refractivity contribution in [3.05, 3.63) is 84.5 Å². The van der Waals surface area contributed by atoms with Crippen LogP contribution in [0.15, 0.2) is 67.4 Å². The van der Waals surface area contributed by atoms with Crippen LogP contribution in [0.2, 0.25) is 0 Å². The molecule has 33 heavy (non-hydrogen) atoms. The zero-order valence-electron chi connectivity index (χ0n) is 18.1. The molecule has 0 saturated heterocycles. The molecule has 0 amide bonds. The van der Waals surface area contributed by atoms with Gasteiger partial charge in [-0.05, 0) is 36.8 Å². The number of pyridine rings is 2. The zero-order valence-corrected chi connectivity index (χ0v) is 18.1. The van der Waals surface area contributed by atoms with E-state index in [1.165, 1.54) is 5.56 Å². The van der Waals surface area contributed by atoms with Crippen LogP contribution in [-0.4, -0.2) is 43.7 Å². The number of hydrogen-bond donors (Lipinski definition) is 1. The number of rotatable bonds is 5. The molecular formula is C23H20N10. The van der Waals surface area contributed by atoms with Gasteiger partial charge in [-0.3, -0.25) is 9.08 Å². The normalized spacial score (nSPS) is 11.5. The Hall–Kier alpha value is -4.60. The SMILES string of the molecule is Cc1ccc2ncc(Cc3nnc4cc(-c5ccnc(Nc6ccnn6C)n5)ccn34)n2c1. The van der Waals surface area contributed by atoms with Crippen LogP contribution in [0.5, 0.6) is 0 Å². The minimum absolute atomic E-state index is 0.501. The number of hydrogen-bond acceptors (Lipinski definition) is 7. The molecule has 10 heteroatoms. The Morgan fingerprint density at radius 2 is 1.88 bits per heavy atom. The molecule has 1 N–H and O–H groups in total. The van der Waals surface area contributed by atoms with Gasteiger partial charge in [-0.25, -0.2) is 15.0 Å². The third-order valence-electron chi connectivity index (χ3n) is 5.56. The molecule has 6 rings (SSSR count). The minimum Gasteiger partial charge on any atom is -0.309 e. The third kappa shape index (κ3) is 3.47. The first kappa shape index (κ1) is 19.1. The highest BCUT2D eigenvalue weighted by molar-refractivity contribution is 5.65. The summed E-state index contributed by atoms with van der Waals surface area (Å²) < 4.78 is 5.82. The number of nitrogens with zero attached hydrogens (tertiary/aromatic N) is 9. The Morgan fingerprint density at radius 1 is 0.939 bits per heavy atom. The van der Waals surface area contributed by atoms with Crippen LogP contribution in [0.25, 0.3) is 22.6 Å². The third-order valence-corrected chi connectivity index (χ3v) is 5.56. The van der Waals surface area contributed by atoms with Crippen LogP contribution in [0.3, 0.4) is 0 Å². The molecule has 6 aromatic rings. The van der Waals surface area contributed by atoms with Crippen molar-refractivity contribution in [3.63, 3.8) is 0 Å². The molecule has 0 bridgehead atoms. The molecule has 0 radical (unpaired) electrons. The molecule has 0 aromatic carbocycles. The van der Waals surface area contributed by atoms with Crippen molar-refractivity contribution in [2.75, 3.05) is 5.32 Å². The first-order chi connectivity index (χ1) is 16.1. The Kier molecular flexibility index (Phi) is 4.35. The zero-order chi connectivity index (χ0) is 22.4. The lowest BCUT2D eigenvalue weighted by Gasteiger charge is -2.07. The molecule has 0 saturated carbocycles. The fourth-order valence-electron chi connectivity index (χ4n) is 3.84. The Balaban J connectivity index is 1.30. The van der Waals surface area contributed by atoms with Crippen LogP contribution in [0, 0.1) is 6.92 Å². The summed E-state index contributed by atoms with van der Waals surface area (Å²) >= 11 is 0. The predicted octanol–water partition coefficient (Wildman–Crippen LogP) is 3.21. The van der Waals surface area contributed by atoms with Crippen molar-refractivity contribution in [2.45, 2.75) is 13.3 Å². The first-order valence-electron chi connectivity index (χ1n) is 10.5. The van der Waals surface area contributed by atoms with Crippen molar-refractivity contribution in [2.24, 2.45) is 7.05 Å². The summed E-state index contributed by atoms with van der Waals surface area (Å²) in [5, 5.41) is 16.2. The van der Waals surface area contributed by atoms with E-state index in [1.54, 1.807) is 17.1 Å². The predicted molar refractivity (Wildman–Crippen MR) is 123 cm³/mol. The second-order valence-electron chi connectivity index (χ2n) is 7.85. The fraction of sp³-hybridized carbons (Fsp3) is 0.130. The topological polar surface area (TPSA) is 103 Å². The second-order valence-corrected chi connectivity index (χ2v) is 7.85. The highest BCUT2D eigenvalue weighted by Crippen LogP contribution is 2.21. The van der Waals surface area contributed by atoms with E-state index in [1.807, 2.05) is 54.2 Å². The highest BCUT2D eigenvalue weighted by atomic mass is 15.3. The van der Waals surface area contributed by atoms with Gasteiger partial charge in [0.15, 0.2) is 5.65 Å². The van der Waals surface area contributed by atoms with E-state index in [0.29, 0.717) is 12.4 Å². The van der Waals surface area contributed by atoms with Gasteiger partial charge in [-0.1, -0.05) is 6.07 Å². The average Bonchev–Trinajstić information content (AvgIpc) is 3.53. The quantitative estimate of drug-likeness (QED) is 0.443. The van der Waals surface area contributed by atoms with Crippen molar-refractivity contribution >= 4 is 23.1 Å². The van der Waals surface area contributed by atoms with Crippen molar-refractivity contribution in [1.82, 2.24) is 43.7 Å². The minimum atomic E-state index is 0.501. The van der Waals surface area contributed by atoms with Gasteiger partial charge in [0.05, 0.1) is 24.0 Å². The highest BCUT2D eigenvalue weighted by Gasteiger charge is 2.12. The molecular weight excluding hydrogens is 416 g/mol. The van der Waals surface area contributed by atoms with Crippen LogP contribution in [-0.2, 0) is 13.5 Å². The molecule has 0 atom stereocenters. The van der Waals surface area contributed by atoms with Crippen LogP contribution in [0.4, 0.5) is 11.8 Å². The van der Waals surface area contributed by atoms with Crippen molar-refractivity contribution in [3.8, 4) is 11.3 Å². The van der Waals surface area contributed by atoms with E-state index < -0.39 is 0 Å². The van der Waals surface area contributed by atoms with E-state index in [0.717, 1.165) is 39.9 Å². The molecule has 6 aromatic heterocycles. The summed E-state index contributed by atoms with van der Waals surface area (Å²) in [4.78, 5) is 13.5. The molecule has 10 nitrogen and oxygen atoms in total. The summed E-state index contributed by atoms with van der Waals surface area (Å²) in [5.41, 5.74) is 5.65. The van der Waals surface area contributed by atoms with Gasteiger partial charge < -0.3 is 9.72 Å². The van der Waals surface area contributed by atoms with Gasteiger partial charge >= 0.3 is 0 Å². The van der Waals surface area contributed by atoms with E-state index in [4.69, 9.17) is 0 Å². The summed E-state index contributed by atoms with van der Waals surface area (Å²) in [6.07, 6.45) is 10.0. The molecule has 6 heterocycles. The molecule has 0 fully saturated rings. The summed E-state index contributed by atoms with van der Waals surface area (Å²) in [6.45, 7) is 2.07. The van der Waals surface area contributed by atoms with Gasteiger partial charge in [0.1, 0.15) is 17.3 Å². The second kappa shape index (κ2) is 7.52. The lowest BCUT2D eigenvalue weighted by atomic mass is 10.2. The van der Waals surface area contributed by atoms with Crippen LogP contribution in [0.1, 0.15) is 17.1 Å². The summed E-state index contributed by atoms with van der Waals surface area (Å²) in [7, 11) is 1.86. The first-order valence-corrected chi connectivity index (χ1v) is 10.5. The Bertz CT molecular complexity index is 1610. The number of anilines is 2. The Morgan fingerprint density at radius 3 is 2.76 bits per heavy atom. The van der Waals surface area contributed by atoms with Crippen LogP contribution < -0.4 is 5.32 Å². The maximum atomic E-state index is 4.64. The lowest BCUT2D eigenvalue weighted by molar-refractivity contribution is 0.775. The lowest BCUT2D eigenvalue weighted by Crippen LogP contribution is -2.03. The van der Waals surface area contributed by atoms with E-state index in [2.05, 4.69) is 59.2 Å². The number of imidazole rings is 1. The van der Waals surface area contributed by atoms with Gasteiger partial charge in [0, 0.05) is 43.5 Å². The molecule has 0 aliphatic heterocycles.